The maximum atomic E-state index is 6.11. The van der Waals surface area contributed by atoms with Gasteiger partial charge in [0.1, 0.15) is 5.82 Å². The summed E-state index contributed by atoms with van der Waals surface area (Å²) >= 11 is 3.48. The van der Waals surface area contributed by atoms with Crippen molar-refractivity contribution in [1.29, 1.82) is 0 Å². The third-order valence-electron chi connectivity index (χ3n) is 3.20. The van der Waals surface area contributed by atoms with E-state index in [9.17, 15) is 0 Å². The first-order valence-corrected chi connectivity index (χ1v) is 7.12. The number of nitrogens with two attached hydrogens (primary N) is 1. The molecule has 20 heavy (non-hydrogen) atoms. The van der Waals surface area contributed by atoms with E-state index in [1.807, 2.05) is 48.5 Å². The van der Waals surface area contributed by atoms with Gasteiger partial charge in [0.05, 0.1) is 11.4 Å². The van der Waals surface area contributed by atoms with E-state index in [0.29, 0.717) is 5.82 Å². The van der Waals surface area contributed by atoms with Crippen LogP contribution in [0.3, 0.4) is 0 Å². The van der Waals surface area contributed by atoms with Crippen LogP contribution in [0.25, 0.3) is 16.9 Å². The first-order chi connectivity index (χ1) is 9.65. The van der Waals surface area contributed by atoms with E-state index in [2.05, 4.69) is 34.0 Å². The molecule has 1 heterocycles. The standard InChI is InChI=1S/C16H14BrN3/c1-11-5-2-3-8-15(11)20-16(18)10-14(19-20)12-6-4-7-13(17)9-12/h2-10H,18H2,1H3. The van der Waals surface area contributed by atoms with Gasteiger partial charge in [-0.25, -0.2) is 4.68 Å². The van der Waals surface area contributed by atoms with E-state index >= 15 is 0 Å². The Morgan fingerprint density at radius 3 is 2.60 bits per heavy atom. The number of para-hydroxylation sites is 1. The Morgan fingerprint density at radius 1 is 1.05 bits per heavy atom. The van der Waals surface area contributed by atoms with Gasteiger partial charge in [-0.1, -0.05) is 46.3 Å². The minimum absolute atomic E-state index is 0.634. The highest BCUT2D eigenvalue weighted by Gasteiger charge is 2.10. The van der Waals surface area contributed by atoms with Gasteiger partial charge in [-0.2, -0.15) is 5.10 Å². The Hall–Kier alpha value is -2.07. The fourth-order valence-electron chi connectivity index (χ4n) is 2.18. The van der Waals surface area contributed by atoms with E-state index in [-0.39, 0.29) is 0 Å². The highest BCUT2D eigenvalue weighted by atomic mass is 79.9. The summed E-state index contributed by atoms with van der Waals surface area (Å²) in [6.07, 6.45) is 0. The molecule has 0 aliphatic rings. The first kappa shape index (κ1) is 12.9. The second-order valence-electron chi connectivity index (χ2n) is 4.66. The van der Waals surface area contributed by atoms with Crippen LogP contribution < -0.4 is 5.73 Å². The number of aromatic nitrogens is 2. The molecule has 0 radical (unpaired) electrons. The molecule has 0 saturated carbocycles. The number of hydrogen-bond donors (Lipinski definition) is 1. The number of halogens is 1. The summed E-state index contributed by atoms with van der Waals surface area (Å²) in [5.41, 5.74) is 10.2. The third kappa shape index (κ3) is 2.34. The second kappa shape index (κ2) is 5.13. The van der Waals surface area contributed by atoms with Crippen LogP contribution in [0.5, 0.6) is 0 Å². The van der Waals surface area contributed by atoms with Crippen molar-refractivity contribution in [1.82, 2.24) is 9.78 Å². The normalized spacial score (nSPS) is 10.7. The number of aryl methyl sites for hydroxylation is 1. The highest BCUT2D eigenvalue weighted by molar-refractivity contribution is 9.10. The average Bonchev–Trinajstić information content (AvgIpc) is 2.81. The van der Waals surface area contributed by atoms with Crippen LogP contribution in [0.1, 0.15) is 5.56 Å². The van der Waals surface area contributed by atoms with E-state index in [1.54, 1.807) is 4.68 Å². The third-order valence-corrected chi connectivity index (χ3v) is 3.69. The van der Waals surface area contributed by atoms with Gasteiger partial charge in [-0.3, -0.25) is 0 Å². The molecule has 0 saturated heterocycles. The van der Waals surface area contributed by atoms with Gasteiger partial charge in [-0.05, 0) is 30.7 Å². The van der Waals surface area contributed by atoms with Gasteiger partial charge in [0, 0.05) is 16.1 Å². The Bertz CT molecular complexity index is 762. The molecule has 0 atom stereocenters. The van der Waals surface area contributed by atoms with Crippen LogP contribution in [0.4, 0.5) is 5.82 Å². The lowest BCUT2D eigenvalue weighted by atomic mass is 10.2. The van der Waals surface area contributed by atoms with Crippen LogP contribution in [-0.4, -0.2) is 9.78 Å². The SMILES string of the molecule is Cc1ccccc1-n1nc(-c2cccc(Br)c2)cc1N. The van der Waals surface area contributed by atoms with E-state index < -0.39 is 0 Å². The number of benzene rings is 2. The number of anilines is 1. The zero-order chi connectivity index (χ0) is 14.1. The fraction of sp³-hybridized carbons (Fsp3) is 0.0625. The molecule has 0 bridgehead atoms. The van der Waals surface area contributed by atoms with Crippen molar-refractivity contribution in [3.63, 3.8) is 0 Å². The summed E-state index contributed by atoms with van der Waals surface area (Å²) in [6, 6.07) is 18.0. The zero-order valence-electron chi connectivity index (χ0n) is 11.0. The molecule has 0 amide bonds. The van der Waals surface area contributed by atoms with Crippen molar-refractivity contribution < 1.29 is 0 Å². The van der Waals surface area contributed by atoms with Crippen molar-refractivity contribution in [3.8, 4) is 16.9 Å². The van der Waals surface area contributed by atoms with Crippen molar-refractivity contribution >= 4 is 21.7 Å². The average molecular weight is 328 g/mol. The molecule has 0 aliphatic carbocycles. The van der Waals surface area contributed by atoms with Crippen LogP contribution in [0.2, 0.25) is 0 Å². The first-order valence-electron chi connectivity index (χ1n) is 6.32. The lowest BCUT2D eigenvalue weighted by Crippen LogP contribution is -2.03. The second-order valence-corrected chi connectivity index (χ2v) is 5.58. The molecule has 3 rings (SSSR count). The van der Waals surface area contributed by atoms with Crippen molar-refractivity contribution in [2.45, 2.75) is 6.92 Å². The van der Waals surface area contributed by atoms with Crippen molar-refractivity contribution in [2.24, 2.45) is 0 Å². The Labute approximate surface area is 126 Å². The zero-order valence-corrected chi connectivity index (χ0v) is 12.6. The molecule has 3 aromatic rings. The van der Waals surface area contributed by atoms with Gasteiger partial charge in [0.15, 0.2) is 0 Å². The molecule has 0 fully saturated rings. The molecular weight excluding hydrogens is 314 g/mol. The van der Waals surface area contributed by atoms with Gasteiger partial charge in [-0.15, -0.1) is 0 Å². The smallest absolute Gasteiger partial charge is 0.127 e. The quantitative estimate of drug-likeness (QED) is 0.766. The van der Waals surface area contributed by atoms with E-state index in [0.717, 1.165) is 27.0 Å². The fourth-order valence-corrected chi connectivity index (χ4v) is 2.58. The Kier molecular flexibility index (Phi) is 3.32. The van der Waals surface area contributed by atoms with Crippen LogP contribution in [0, 0.1) is 6.92 Å². The molecule has 0 spiro atoms. The predicted octanol–water partition coefficient (Wildman–Crippen LogP) is 4.19. The lowest BCUT2D eigenvalue weighted by Gasteiger charge is -2.06. The summed E-state index contributed by atoms with van der Waals surface area (Å²) in [6.45, 7) is 2.05. The number of hydrogen-bond acceptors (Lipinski definition) is 2. The number of nitrogen functional groups attached to an aromatic ring is 1. The summed E-state index contributed by atoms with van der Waals surface area (Å²) in [7, 11) is 0. The maximum absolute atomic E-state index is 6.11. The van der Waals surface area contributed by atoms with E-state index in [1.165, 1.54) is 0 Å². The number of rotatable bonds is 2. The molecule has 3 nitrogen and oxygen atoms in total. The summed E-state index contributed by atoms with van der Waals surface area (Å²) in [4.78, 5) is 0. The monoisotopic (exact) mass is 327 g/mol. The molecule has 2 N–H and O–H groups in total. The van der Waals surface area contributed by atoms with Crippen LogP contribution in [-0.2, 0) is 0 Å². The van der Waals surface area contributed by atoms with Crippen molar-refractivity contribution in [3.05, 3.63) is 64.6 Å². The Balaban J connectivity index is 2.10. The van der Waals surface area contributed by atoms with Gasteiger partial charge < -0.3 is 5.73 Å². The Morgan fingerprint density at radius 2 is 1.85 bits per heavy atom. The minimum atomic E-state index is 0.634. The lowest BCUT2D eigenvalue weighted by molar-refractivity contribution is 0.887. The molecule has 0 aliphatic heterocycles. The molecular formula is C16H14BrN3. The molecule has 2 aromatic carbocycles. The van der Waals surface area contributed by atoms with Crippen molar-refractivity contribution in [2.75, 3.05) is 5.73 Å². The van der Waals surface area contributed by atoms with E-state index in [4.69, 9.17) is 5.73 Å². The molecule has 1 aromatic heterocycles. The largest absolute Gasteiger partial charge is 0.384 e. The van der Waals surface area contributed by atoms with Crippen LogP contribution in [0.15, 0.2) is 59.1 Å². The van der Waals surface area contributed by atoms with Gasteiger partial charge in [0.2, 0.25) is 0 Å². The van der Waals surface area contributed by atoms with Gasteiger partial charge >= 0.3 is 0 Å². The minimum Gasteiger partial charge on any atom is -0.384 e. The highest BCUT2D eigenvalue weighted by Crippen LogP contribution is 2.26. The maximum Gasteiger partial charge on any atom is 0.127 e. The molecule has 0 unspecified atom stereocenters. The topological polar surface area (TPSA) is 43.8 Å². The van der Waals surface area contributed by atoms with Crippen LogP contribution >= 0.6 is 15.9 Å². The molecule has 100 valence electrons. The number of nitrogens with zero attached hydrogens (tertiary/aromatic N) is 2. The summed E-state index contributed by atoms with van der Waals surface area (Å²) in [5.74, 6) is 0.634. The molecule has 4 heteroatoms. The summed E-state index contributed by atoms with van der Waals surface area (Å²) < 4.78 is 2.81. The predicted molar refractivity (Wildman–Crippen MR) is 85.8 cm³/mol. The summed E-state index contributed by atoms with van der Waals surface area (Å²) in [5, 5.41) is 4.62. The van der Waals surface area contributed by atoms with Gasteiger partial charge in [0.25, 0.3) is 0 Å².